The summed E-state index contributed by atoms with van der Waals surface area (Å²) in [5.74, 6) is -1.43. The third-order valence-electron chi connectivity index (χ3n) is 4.04. The molecule has 0 aliphatic rings. The summed E-state index contributed by atoms with van der Waals surface area (Å²) in [5.41, 5.74) is 7.43. The summed E-state index contributed by atoms with van der Waals surface area (Å²) in [4.78, 5) is 24.2. The summed E-state index contributed by atoms with van der Waals surface area (Å²) in [6.45, 7) is 0. The van der Waals surface area contributed by atoms with Crippen LogP contribution in [0.15, 0.2) is 60.7 Å². The number of primary amides is 1. The predicted molar refractivity (Wildman–Crippen MR) is 102 cm³/mol. The summed E-state index contributed by atoms with van der Waals surface area (Å²) in [5, 5.41) is 12.8. The molecule has 2 unspecified atom stereocenters. The zero-order valence-electron chi connectivity index (χ0n) is 14.3. The van der Waals surface area contributed by atoms with Crippen LogP contribution >= 0.6 is 11.7 Å². The number of hydrogen-bond acceptors (Lipinski definition) is 6. The van der Waals surface area contributed by atoms with E-state index in [1.54, 1.807) is 0 Å². The number of aromatic nitrogens is 2. The Kier molecular flexibility index (Phi) is 5.90. The lowest BCUT2D eigenvalue weighted by Crippen LogP contribution is -2.50. The average molecular weight is 382 g/mol. The van der Waals surface area contributed by atoms with Gasteiger partial charge in [-0.3, -0.25) is 9.59 Å². The third kappa shape index (κ3) is 4.55. The van der Waals surface area contributed by atoms with Crippen molar-refractivity contribution in [3.05, 3.63) is 71.9 Å². The van der Waals surface area contributed by atoms with Crippen molar-refractivity contribution < 1.29 is 14.7 Å². The summed E-state index contributed by atoms with van der Waals surface area (Å²) in [6, 6.07) is 17.5. The fourth-order valence-electron chi connectivity index (χ4n) is 2.67. The predicted octanol–water partition coefficient (Wildman–Crippen LogP) is 1.39. The Morgan fingerprint density at radius 3 is 2.30 bits per heavy atom. The number of hydrogen-bond donors (Lipinski definition) is 3. The number of aliphatic hydroxyl groups is 1. The van der Waals surface area contributed by atoms with Crippen LogP contribution in [0, 0.1) is 0 Å². The quantitative estimate of drug-likeness (QED) is 0.571. The minimum atomic E-state index is -1.53. The van der Waals surface area contributed by atoms with Crippen molar-refractivity contribution in [3.63, 3.8) is 0 Å². The van der Waals surface area contributed by atoms with Crippen LogP contribution in [0.1, 0.15) is 16.1 Å². The lowest BCUT2D eigenvalue weighted by Gasteiger charge is -2.22. The molecule has 2 aromatic carbocycles. The maximum atomic E-state index is 12.8. The summed E-state index contributed by atoms with van der Waals surface area (Å²) < 4.78 is 8.27. The highest BCUT2D eigenvalue weighted by Gasteiger charge is 2.28. The summed E-state index contributed by atoms with van der Waals surface area (Å²) in [6.07, 6.45) is -1.28. The Balaban J connectivity index is 1.83. The number of nitrogens with zero attached hydrogens (tertiary/aromatic N) is 2. The van der Waals surface area contributed by atoms with Crippen molar-refractivity contribution >= 4 is 23.5 Å². The lowest BCUT2D eigenvalue weighted by molar-refractivity contribution is -0.127. The van der Waals surface area contributed by atoms with Gasteiger partial charge >= 0.3 is 0 Å². The summed E-state index contributed by atoms with van der Waals surface area (Å²) >= 11 is 0.920. The van der Waals surface area contributed by atoms with Crippen molar-refractivity contribution in [1.29, 1.82) is 0 Å². The highest BCUT2D eigenvalue weighted by atomic mass is 32.1. The Labute approximate surface area is 160 Å². The number of rotatable bonds is 7. The molecule has 8 heteroatoms. The van der Waals surface area contributed by atoms with E-state index in [4.69, 9.17) is 5.73 Å². The molecule has 0 saturated heterocycles. The first-order valence-electron chi connectivity index (χ1n) is 8.26. The van der Waals surface area contributed by atoms with Gasteiger partial charge in [0.1, 0.15) is 5.69 Å². The van der Waals surface area contributed by atoms with Crippen molar-refractivity contribution in [2.75, 3.05) is 0 Å². The molecule has 7 nitrogen and oxygen atoms in total. The minimum absolute atomic E-state index is 0.140. The third-order valence-corrected chi connectivity index (χ3v) is 4.57. The van der Waals surface area contributed by atoms with Crippen LogP contribution in [0.2, 0.25) is 0 Å². The molecule has 1 heterocycles. The van der Waals surface area contributed by atoms with Gasteiger partial charge in [-0.15, -0.1) is 0 Å². The van der Waals surface area contributed by atoms with Gasteiger partial charge in [0.25, 0.3) is 5.91 Å². The van der Waals surface area contributed by atoms with Gasteiger partial charge in [0.2, 0.25) is 5.91 Å². The average Bonchev–Trinajstić information content (AvgIpc) is 3.18. The smallest absolute Gasteiger partial charge is 0.273 e. The molecule has 0 bridgehead atoms. The van der Waals surface area contributed by atoms with E-state index in [0.717, 1.165) is 22.9 Å². The number of benzene rings is 2. The van der Waals surface area contributed by atoms with Crippen LogP contribution in [0.4, 0.5) is 0 Å². The van der Waals surface area contributed by atoms with Gasteiger partial charge < -0.3 is 16.2 Å². The van der Waals surface area contributed by atoms with E-state index in [2.05, 4.69) is 14.1 Å². The molecule has 0 saturated carbocycles. The fraction of sp³-hybridized carbons (Fsp3) is 0.158. The summed E-state index contributed by atoms with van der Waals surface area (Å²) in [7, 11) is 0. The van der Waals surface area contributed by atoms with Crippen LogP contribution in [0.3, 0.4) is 0 Å². The molecule has 1 aromatic heterocycles. The Hall–Kier alpha value is -3.10. The Morgan fingerprint density at radius 1 is 1.04 bits per heavy atom. The normalized spacial score (nSPS) is 12.9. The molecule has 0 spiro atoms. The van der Waals surface area contributed by atoms with E-state index in [-0.39, 0.29) is 12.1 Å². The molecule has 0 aliphatic heterocycles. The Morgan fingerprint density at radius 2 is 1.67 bits per heavy atom. The van der Waals surface area contributed by atoms with Gasteiger partial charge in [0.15, 0.2) is 11.8 Å². The molecule has 4 N–H and O–H groups in total. The van der Waals surface area contributed by atoms with Gasteiger partial charge in [-0.25, -0.2) is 0 Å². The maximum absolute atomic E-state index is 12.8. The fourth-order valence-corrected chi connectivity index (χ4v) is 3.23. The van der Waals surface area contributed by atoms with Crippen LogP contribution in [0.25, 0.3) is 11.3 Å². The van der Waals surface area contributed by atoms with Crippen molar-refractivity contribution in [2.24, 2.45) is 5.73 Å². The van der Waals surface area contributed by atoms with Crippen LogP contribution in [0.5, 0.6) is 0 Å². The topological polar surface area (TPSA) is 118 Å². The number of aliphatic hydroxyl groups excluding tert-OH is 1. The number of amides is 2. The molecule has 0 aliphatic carbocycles. The highest BCUT2D eigenvalue weighted by molar-refractivity contribution is 6.99. The molecular formula is C19H18N4O3S. The van der Waals surface area contributed by atoms with E-state index in [9.17, 15) is 14.7 Å². The van der Waals surface area contributed by atoms with Gasteiger partial charge in [-0.1, -0.05) is 60.7 Å². The molecule has 0 fully saturated rings. The van der Waals surface area contributed by atoms with E-state index in [1.165, 1.54) is 0 Å². The van der Waals surface area contributed by atoms with Gasteiger partial charge in [0, 0.05) is 5.56 Å². The SMILES string of the molecule is NC(=O)C(O)C(Cc1ccccc1)NC(=O)c1nsnc1-c1ccccc1. The van der Waals surface area contributed by atoms with Gasteiger partial charge in [-0.2, -0.15) is 8.75 Å². The second-order valence-corrected chi connectivity index (χ2v) is 6.47. The van der Waals surface area contributed by atoms with Crippen molar-refractivity contribution in [1.82, 2.24) is 14.1 Å². The molecule has 138 valence electrons. The molecule has 2 amide bonds. The second-order valence-electron chi connectivity index (χ2n) is 5.94. The number of nitrogens with two attached hydrogens (primary N) is 1. The molecule has 3 aromatic rings. The van der Waals surface area contributed by atoms with Crippen molar-refractivity contribution in [2.45, 2.75) is 18.6 Å². The van der Waals surface area contributed by atoms with Crippen LogP contribution in [-0.4, -0.2) is 37.8 Å². The molecule has 27 heavy (non-hydrogen) atoms. The first kappa shape index (κ1) is 18.7. The zero-order chi connectivity index (χ0) is 19.2. The van der Waals surface area contributed by atoms with E-state index < -0.39 is 24.0 Å². The van der Waals surface area contributed by atoms with E-state index in [0.29, 0.717) is 5.69 Å². The molecule has 3 rings (SSSR count). The Bertz CT molecular complexity index is 915. The first-order chi connectivity index (χ1) is 13.1. The van der Waals surface area contributed by atoms with Crippen LogP contribution < -0.4 is 11.1 Å². The highest BCUT2D eigenvalue weighted by Crippen LogP contribution is 2.21. The van der Waals surface area contributed by atoms with E-state index in [1.807, 2.05) is 60.7 Å². The largest absolute Gasteiger partial charge is 0.381 e. The second kappa shape index (κ2) is 8.52. The minimum Gasteiger partial charge on any atom is -0.381 e. The van der Waals surface area contributed by atoms with E-state index >= 15 is 0 Å². The number of nitrogens with one attached hydrogen (secondary N) is 1. The number of carbonyl (C=O) groups excluding carboxylic acids is 2. The first-order valence-corrected chi connectivity index (χ1v) is 8.99. The maximum Gasteiger partial charge on any atom is 0.273 e. The molecular weight excluding hydrogens is 364 g/mol. The molecule has 2 atom stereocenters. The standard InChI is InChI=1S/C19H18N4O3S/c20-18(25)17(24)14(11-12-7-3-1-4-8-12)21-19(26)16-15(22-27-23-16)13-9-5-2-6-10-13/h1-10,14,17,24H,11H2,(H2,20,25)(H,21,26). The van der Waals surface area contributed by atoms with Crippen LogP contribution in [-0.2, 0) is 11.2 Å². The zero-order valence-corrected chi connectivity index (χ0v) is 15.1. The molecule has 0 radical (unpaired) electrons. The van der Waals surface area contributed by atoms with Crippen molar-refractivity contribution in [3.8, 4) is 11.3 Å². The van der Waals surface area contributed by atoms with Gasteiger partial charge in [0.05, 0.1) is 17.8 Å². The lowest BCUT2D eigenvalue weighted by atomic mass is 10.0. The van der Waals surface area contributed by atoms with Gasteiger partial charge in [-0.05, 0) is 12.0 Å². The monoisotopic (exact) mass is 382 g/mol. The number of carbonyl (C=O) groups is 2.